The van der Waals surface area contributed by atoms with Crippen molar-refractivity contribution >= 4 is 50.6 Å². The lowest BCUT2D eigenvalue weighted by Crippen LogP contribution is -2.15. The number of benzene rings is 1. The molecule has 0 bridgehead atoms. The van der Waals surface area contributed by atoms with Gasteiger partial charge in [-0.1, -0.05) is 33.8 Å². The van der Waals surface area contributed by atoms with Gasteiger partial charge in [-0.3, -0.25) is 9.36 Å². The summed E-state index contributed by atoms with van der Waals surface area (Å²) in [5.74, 6) is 1.06. The third-order valence-electron chi connectivity index (χ3n) is 3.38. The van der Waals surface area contributed by atoms with Gasteiger partial charge in [-0.2, -0.15) is 0 Å². The first-order valence-corrected chi connectivity index (χ1v) is 10.4. The second-order valence-corrected chi connectivity index (χ2v) is 8.40. The van der Waals surface area contributed by atoms with Crippen molar-refractivity contribution in [2.45, 2.75) is 25.0 Å². The van der Waals surface area contributed by atoms with Gasteiger partial charge in [-0.25, -0.2) is 0 Å². The molecule has 0 aliphatic rings. The Morgan fingerprint density at radius 2 is 2.04 bits per heavy atom. The molecule has 0 saturated carbocycles. The molecule has 0 unspecified atom stereocenters. The minimum absolute atomic E-state index is 0.0664. The third kappa shape index (κ3) is 4.50. The minimum atomic E-state index is -0.0664. The van der Waals surface area contributed by atoms with Crippen LogP contribution in [0, 0.1) is 0 Å². The highest BCUT2D eigenvalue weighted by atomic mass is 79.9. The average Bonchev–Trinajstić information content (AvgIpc) is 3.24. The van der Waals surface area contributed by atoms with Crippen LogP contribution in [0.2, 0.25) is 0 Å². The molecule has 3 aromatic rings. The lowest BCUT2D eigenvalue weighted by atomic mass is 10.3. The maximum atomic E-state index is 12.2. The van der Waals surface area contributed by atoms with Crippen molar-refractivity contribution < 1.29 is 4.79 Å². The Balaban J connectivity index is 1.68. The fraction of sp³-hybridized carbons (Fsp3) is 0.235. The van der Waals surface area contributed by atoms with Gasteiger partial charge in [0.2, 0.25) is 5.91 Å². The van der Waals surface area contributed by atoms with Crippen LogP contribution >= 0.6 is 39.0 Å². The first-order valence-electron chi connectivity index (χ1n) is 7.71. The summed E-state index contributed by atoms with van der Waals surface area (Å²) < 4.78 is 3.05. The summed E-state index contributed by atoms with van der Waals surface area (Å²) in [5, 5.41) is 14.3. The van der Waals surface area contributed by atoms with Gasteiger partial charge in [0.1, 0.15) is 0 Å². The van der Waals surface area contributed by atoms with Crippen LogP contribution in [-0.2, 0) is 4.79 Å². The normalized spacial score (nSPS) is 11.0. The summed E-state index contributed by atoms with van der Waals surface area (Å²) in [6, 6.07) is 11.7. The average molecular weight is 437 g/mol. The van der Waals surface area contributed by atoms with E-state index in [1.807, 2.05) is 41.8 Å². The van der Waals surface area contributed by atoms with Crippen LogP contribution in [0.25, 0.3) is 10.7 Å². The molecule has 0 radical (unpaired) electrons. The van der Waals surface area contributed by atoms with Gasteiger partial charge in [-0.15, -0.1) is 21.5 Å². The molecule has 25 heavy (non-hydrogen) atoms. The van der Waals surface area contributed by atoms with E-state index in [0.29, 0.717) is 0 Å². The van der Waals surface area contributed by atoms with Crippen molar-refractivity contribution in [3.63, 3.8) is 0 Å². The zero-order valence-electron chi connectivity index (χ0n) is 13.8. The first kappa shape index (κ1) is 18.2. The number of carbonyl (C=O) groups excluding carboxylic acids is 1. The molecule has 0 fully saturated rings. The van der Waals surface area contributed by atoms with Crippen LogP contribution in [0.5, 0.6) is 0 Å². The quantitative estimate of drug-likeness (QED) is 0.547. The number of hydrogen-bond donors (Lipinski definition) is 1. The van der Waals surface area contributed by atoms with Crippen LogP contribution < -0.4 is 5.32 Å². The number of nitrogens with zero attached hydrogens (tertiary/aromatic N) is 3. The lowest BCUT2D eigenvalue weighted by Gasteiger charge is -2.13. The molecule has 2 aromatic heterocycles. The number of carbonyl (C=O) groups is 1. The van der Waals surface area contributed by atoms with Crippen LogP contribution in [0.15, 0.2) is 51.4 Å². The van der Waals surface area contributed by atoms with Crippen molar-refractivity contribution in [2.75, 3.05) is 11.1 Å². The highest BCUT2D eigenvalue weighted by molar-refractivity contribution is 9.10. The summed E-state index contributed by atoms with van der Waals surface area (Å²) >= 11 is 6.41. The van der Waals surface area contributed by atoms with E-state index in [9.17, 15) is 4.79 Å². The number of hydrogen-bond acceptors (Lipinski definition) is 5. The second kappa shape index (κ2) is 8.16. The fourth-order valence-corrected chi connectivity index (χ4v) is 4.11. The summed E-state index contributed by atoms with van der Waals surface area (Å²) in [7, 11) is 0. The van der Waals surface area contributed by atoms with Crippen LogP contribution in [-0.4, -0.2) is 26.4 Å². The van der Waals surface area contributed by atoms with Gasteiger partial charge < -0.3 is 5.32 Å². The number of thiophene rings is 1. The number of halogens is 1. The molecule has 8 heteroatoms. The molecule has 0 aliphatic heterocycles. The molecule has 1 aromatic carbocycles. The molecule has 130 valence electrons. The SMILES string of the molecule is CC(C)n1c(SCC(=O)Nc2ccc(Br)cc2)nnc1-c1cccs1. The standard InChI is InChI=1S/C17H17BrN4OS2/c1-11(2)22-16(14-4-3-9-24-14)20-21-17(22)25-10-15(23)19-13-7-5-12(18)6-8-13/h3-9,11H,10H2,1-2H3,(H,19,23). The number of rotatable bonds is 6. The van der Waals surface area contributed by atoms with Crippen molar-refractivity contribution in [1.29, 1.82) is 0 Å². The van der Waals surface area contributed by atoms with E-state index in [0.717, 1.165) is 26.0 Å². The highest BCUT2D eigenvalue weighted by Gasteiger charge is 2.18. The Labute approximate surface area is 163 Å². The Bertz CT molecular complexity index is 844. The molecule has 0 aliphatic carbocycles. The lowest BCUT2D eigenvalue weighted by molar-refractivity contribution is -0.113. The van der Waals surface area contributed by atoms with Crippen LogP contribution in [0.1, 0.15) is 19.9 Å². The van der Waals surface area contributed by atoms with E-state index in [1.54, 1.807) is 11.3 Å². The number of amides is 1. The molecule has 1 N–H and O–H groups in total. The fourth-order valence-electron chi connectivity index (χ4n) is 2.28. The molecule has 1 amide bonds. The van der Waals surface area contributed by atoms with Gasteiger partial charge in [0.15, 0.2) is 11.0 Å². The number of anilines is 1. The van der Waals surface area contributed by atoms with Crippen molar-refractivity contribution in [2.24, 2.45) is 0 Å². The van der Waals surface area contributed by atoms with Crippen molar-refractivity contribution in [3.05, 3.63) is 46.3 Å². The van der Waals surface area contributed by atoms with Gasteiger partial charge in [0, 0.05) is 16.2 Å². The van der Waals surface area contributed by atoms with E-state index >= 15 is 0 Å². The van der Waals surface area contributed by atoms with Crippen LogP contribution in [0.4, 0.5) is 5.69 Å². The van der Waals surface area contributed by atoms with Gasteiger partial charge in [0.05, 0.1) is 10.6 Å². The molecule has 0 atom stereocenters. The molecule has 0 saturated heterocycles. The maximum Gasteiger partial charge on any atom is 0.234 e. The largest absolute Gasteiger partial charge is 0.325 e. The molecule has 2 heterocycles. The Morgan fingerprint density at radius 1 is 1.28 bits per heavy atom. The smallest absolute Gasteiger partial charge is 0.234 e. The van der Waals surface area contributed by atoms with Crippen molar-refractivity contribution in [3.8, 4) is 10.7 Å². The van der Waals surface area contributed by atoms with Crippen LogP contribution in [0.3, 0.4) is 0 Å². The number of thioether (sulfide) groups is 1. The zero-order chi connectivity index (χ0) is 17.8. The maximum absolute atomic E-state index is 12.2. The second-order valence-electron chi connectivity index (χ2n) is 5.59. The molecule has 3 rings (SSSR count). The predicted molar refractivity (Wildman–Crippen MR) is 107 cm³/mol. The summed E-state index contributed by atoms with van der Waals surface area (Å²) in [5.41, 5.74) is 0.776. The molecular formula is C17H17BrN4OS2. The van der Waals surface area contributed by atoms with E-state index < -0.39 is 0 Å². The van der Waals surface area contributed by atoms with Gasteiger partial charge >= 0.3 is 0 Å². The van der Waals surface area contributed by atoms with Gasteiger partial charge in [-0.05, 0) is 49.6 Å². The minimum Gasteiger partial charge on any atom is -0.325 e. The summed E-state index contributed by atoms with van der Waals surface area (Å²) in [6.45, 7) is 4.18. The Morgan fingerprint density at radius 3 is 2.68 bits per heavy atom. The van der Waals surface area contributed by atoms with E-state index in [-0.39, 0.29) is 17.7 Å². The third-order valence-corrected chi connectivity index (χ3v) is 5.72. The Kier molecular flexibility index (Phi) is 5.93. The van der Waals surface area contributed by atoms with E-state index in [2.05, 4.69) is 49.9 Å². The number of nitrogens with one attached hydrogen (secondary N) is 1. The number of aromatic nitrogens is 3. The molecule has 5 nitrogen and oxygen atoms in total. The monoisotopic (exact) mass is 436 g/mol. The molecule has 0 spiro atoms. The van der Waals surface area contributed by atoms with E-state index in [4.69, 9.17) is 0 Å². The molecular weight excluding hydrogens is 420 g/mol. The predicted octanol–water partition coefficient (Wildman–Crippen LogP) is 5.08. The summed E-state index contributed by atoms with van der Waals surface area (Å²) in [6.07, 6.45) is 0. The van der Waals surface area contributed by atoms with Crippen molar-refractivity contribution in [1.82, 2.24) is 14.8 Å². The van der Waals surface area contributed by atoms with Gasteiger partial charge in [0.25, 0.3) is 0 Å². The summed E-state index contributed by atoms with van der Waals surface area (Å²) in [4.78, 5) is 13.3. The topological polar surface area (TPSA) is 59.8 Å². The Hall–Kier alpha value is -1.64. The zero-order valence-corrected chi connectivity index (χ0v) is 17.0. The highest BCUT2D eigenvalue weighted by Crippen LogP contribution is 2.30. The van der Waals surface area contributed by atoms with E-state index in [1.165, 1.54) is 11.8 Å². The first-order chi connectivity index (χ1) is 12.0.